The van der Waals surface area contributed by atoms with Crippen molar-refractivity contribution in [3.05, 3.63) is 45.5 Å². The van der Waals surface area contributed by atoms with Gasteiger partial charge in [0.05, 0.1) is 17.9 Å². The van der Waals surface area contributed by atoms with E-state index in [-0.39, 0.29) is 11.6 Å². The van der Waals surface area contributed by atoms with Crippen LogP contribution in [0.2, 0.25) is 0 Å². The number of anilines is 1. The highest BCUT2D eigenvalue weighted by Crippen LogP contribution is 2.17. The molecule has 2 aromatic rings. The summed E-state index contributed by atoms with van der Waals surface area (Å²) in [6.45, 7) is 3.83. The first-order valence-electron chi connectivity index (χ1n) is 5.27. The molecule has 0 saturated heterocycles. The molecule has 90 valence electrons. The molecule has 17 heavy (non-hydrogen) atoms. The monoisotopic (exact) mass is 296 g/mol. The van der Waals surface area contributed by atoms with Crippen LogP contribution in [0.4, 0.5) is 5.69 Å². The lowest BCUT2D eigenvalue weighted by atomic mass is 10.4. The second-order valence-corrected chi connectivity index (χ2v) is 4.71. The topological polar surface area (TPSA) is 51.9 Å². The van der Waals surface area contributed by atoms with Crippen molar-refractivity contribution in [1.82, 2.24) is 14.5 Å². The Balaban J connectivity index is 2.38. The predicted molar refractivity (Wildman–Crippen MR) is 70.0 cm³/mol. The fraction of sp³-hybridized carbons (Fsp3) is 0.273. The highest BCUT2D eigenvalue weighted by molar-refractivity contribution is 9.10. The van der Waals surface area contributed by atoms with Crippen molar-refractivity contribution < 1.29 is 0 Å². The van der Waals surface area contributed by atoms with Crippen LogP contribution in [0.25, 0.3) is 0 Å². The molecule has 1 N–H and O–H groups in total. The maximum absolute atomic E-state index is 12.0. The molecule has 0 fully saturated rings. The molecule has 0 bridgehead atoms. The van der Waals surface area contributed by atoms with E-state index in [1.165, 1.54) is 4.68 Å². The van der Waals surface area contributed by atoms with Crippen molar-refractivity contribution in [2.24, 2.45) is 0 Å². The number of rotatable bonds is 3. The zero-order valence-electron chi connectivity index (χ0n) is 9.59. The van der Waals surface area contributed by atoms with Gasteiger partial charge in [-0.15, -0.1) is 0 Å². The molecule has 0 aliphatic heterocycles. The van der Waals surface area contributed by atoms with Gasteiger partial charge in [-0.25, -0.2) is 4.68 Å². The Morgan fingerprint density at radius 1 is 1.35 bits per heavy atom. The molecule has 2 heterocycles. The Morgan fingerprint density at radius 2 is 2.00 bits per heavy atom. The van der Waals surface area contributed by atoms with E-state index in [0.29, 0.717) is 10.2 Å². The standard InChI is InChI=1S/C11H13BrN4O/c1-8(2)16-11(17)10(12)9(7-13-16)14-15-5-3-4-6-15/h3-8,14H,1-2H3. The number of hydrogen-bond acceptors (Lipinski definition) is 3. The summed E-state index contributed by atoms with van der Waals surface area (Å²) in [5.41, 5.74) is 3.55. The fourth-order valence-electron chi connectivity index (χ4n) is 1.44. The van der Waals surface area contributed by atoms with Gasteiger partial charge >= 0.3 is 0 Å². The van der Waals surface area contributed by atoms with Gasteiger partial charge in [0, 0.05) is 12.4 Å². The summed E-state index contributed by atoms with van der Waals surface area (Å²) in [5, 5.41) is 4.12. The number of nitrogens with zero attached hydrogens (tertiary/aromatic N) is 3. The Labute approximate surface area is 107 Å². The molecule has 6 heteroatoms. The van der Waals surface area contributed by atoms with Crippen LogP contribution < -0.4 is 11.0 Å². The summed E-state index contributed by atoms with van der Waals surface area (Å²) in [7, 11) is 0. The van der Waals surface area contributed by atoms with Gasteiger partial charge in [-0.05, 0) is 41.9 Å². The quantitative estimate of drug-likeness (QED) is 0.945. The first-order valence-corrected chi connectivity index (χ1v) is 6.06. The van der Waals surface area contributed by atoms with E-state index in [9.17, 15) is 4.79 Å². The van der Waals surface area contributed by atoms with Crippen LogP contribution in [0.1, 0.15) is 19.9 Å². The van der Waals surface area contributed by atoms with E-state index in [2.05, 4.69) is 26.5 Å². The summed E-state index contributed by atoms with van der Waals surface area (Å²) < 4.78 is 3.67. The molecule has 0 atom stereocenters. The number of nitrogens with one attached hydrogen (secondary N) is 1. The van der Waals surface area contributed by atoms with Gasteiger partial charge in [-0.2, -0.15) is 5.10 Å². The third-order valence-electron chi connectivity index (χ3n) is 2.29. The normalized spacial score (nSPS) is 10.8. The van der Waals surface area contributed by atoms with Gasteiger partial charge in [0.15, 0.2) is 0 Å². The molecule has 2 aromatic heterocycles. The smallest absolute Gasteiger partial charge is 0.283 e. The fourth-order valence-corrected chi connectivity index (χ4v) is 1.81. The molecule has 0 saturated carbocycles. The average molecular weight is 297 g/mol. The van der Waals surface area contributed by atoms with E-state index in [1.807, 2.05) is 38.4 Å². The molecule has 0 aromatic carbocycles. The van der Waals surface area contributed by atoms with Gasteiger partial charge in [-0.3, -0.25) is 14.9 Å². The average Bonchev–Trinajstić information content (AvgIpc) is 2.77. The lowest BCUT2D eigenvalue weighted by Crippen LogP contribution is -2.26. The molecule has 0 radical (unpaired) electrons. The Morgan fingerprint density at radius 3 is 2.59 bits per heavy atom. The van der Waals surface area contributed by atoms with Crippen LogP contribution in [0.5, 0.6) is 0 Å². The zero-order chi connectivity index (χ0) is 12.4. The van der Waals surface area contributed by atoms with Gasteiger partial charge in [0.2, 0.25) is 0 Å². The van der Waals surface area contributed by atoms with E-state index >= 15 is 0 Å². The maximum Gasteiger partial charge on any atom is 0.283 e. The van der Waals surface area contributed by atoms with Crippen LogP contribution in [0, 0.1) is 0 Å². The number of aromatic nitrogens is 3. The minimum Gasteiger partial charge on any atom is -0.292 e. The zero-order valence-corrected chi connectivity index (χ0v) is 11.2. The van der Waals surface area contributed by atoms with E-state index in [1.54, 1.807) is 10.9 Å². The van der Waals surface area contributed by atoms with Crippen LogP contribution in [0.15, 0.2) is 40.0 Å². The molecule has 0 aliphatic carbocycles. The molecule has 0 spiro atoms. The van der Waals surface area contributed by atoms with Crippen LogP contribution in [0.3, 0.4) is 0 Å². The van der Waals surface area contributed by atoms with Crippen molar-refractivity contribution in [3.8, 4) is 0 Å². The highest BCUT2D eigenvalue weighted by atomic mass is 79.9. The Kier molecular flexibility index (Phi) is 3.33. The van der Waals surface area contributed by atoms with Crippen molar-refractivity contribution in [2.45, 2.75) is 19.9 Å². The predicted octanol–water partition coefficient (Wildman–Crippen LogP) is 2.26. The van der Waals surface area contributed by atoms with Crippen LogP contribution >= 0.6 is 15.9 Å². The third kappa shape index (κ3) is 2.41. The SMILES string of the molecule is CC(C)n1ncc(Nn2cccc2)c(Br)c1=O. The van der Waals surface area contributed by atoms with Gasteiger partial charge in [-0.1, -0.05) is 0 Å². The molecule has 0 aliphatic rings. The molecular formula is C11H13BrN4O. The van der Waals surface area contributed by atoms with E-state index in [0.717, 1.165) is 0 Å². The van der Waals surface area contributed by atoms with Crippen LogP contribution in [-0.4, -0.2) is 14.5 Å². The minimum absolute atomic E-state index is 0.0411. The maximum atomic E-state index is 12.0. The van der Waals surface area contributed by atoms with E-state index in [4.69, 9.17) is 0 Å². The Bertz CT molecular complexity index is 559. The summed E-state index contributed by atoms with van der Waals surface area (Å²) in [5.74, 6) is 0. The second-order valence-electron chi connectivity index (χ2n) is 3.92. The number of hydrogen-bond donors (Lipinski definition) is 1. The summed E-state index contributed by atoms with van der Waals surface area (Å²) in [4.78, 5) is 12.0. The van der Waals surface area contributed by atoms with Gasteiger partial charge < -0.3 is 0 Å². The van der Waals surface area contributed by atoms with Gasteiger partial charge in [0.25, 0.3) is 5.56 Å². The van der Waals surface area contributed by atoms with Crippen molar-refractivity contribution in [3.63, 3.8) is 0 Å². The summed E-state index contributed by atoms with van der Waals surface area (Å²) in [6, 6.07) is 3.83. The van der Waals surface area contributed by atoms with Crippen molar-refractivity contribution >= 4 is 21.6 Å². The molecule has 5 nitrogen and oxygen atoms in total. The third-order valence-corrected chi connectivity index (χ3v) is 3.05. The van der Waals surface area contributed by atoms with Crippen molar-refractivity contribution in [2.75, 3.05) is 5.43 Å². The van der Waals surface area contributed by atoms with Crippen molar-refractivity contribution in [1.29, 1.82) is 0 Å². The number of halogens is 1. The second kappa shape index (κ2) is 4.75. The van der Waals surface area contributed by atoms with E-state index < -0.39 is 0 Å². The summed E-state index contributed by atoms with van der Waals surface area (Å²) >= 11 is 3.30. The molecule has 0 amide bonds. The lowest BCUT2D eigenvalue weighted by Gasteiger charge is -2.12. The van der Waals surface area contributed by atoms with Gasteiger partial charge in [0.1, 0.15) is 4.47 Å². The lowest BCUT2D eigenvalue weighted by molar-refractivity contribution is 0.501. The Hall–Kier alpha value is -1.56. The first kappa shape index (κ1) is 11.9. The summed E-state index contributed by atoms with van der Waals surface area (Å²) in [6.07, 6.45) is 5.33. The molecule has 0 unspecified atom stereocenters. The highest BCUT2D eigenvalue weighted by Gasteiger charge is 2.10. The minimum atomic E-state index is -0.142. The van der Waals surface area contributed by atoms with Crippen LogP contribution in [-0.2, 0) is 0 Å². The first-order chi connectivity index (χ1) is 8.09. The molecule has 2 rings (SSSR count). The molecular weight excluding hydrogens is 284 g/mol. The largest absolute Gasteiger partial charge is 0.292 e.